The fourth-order valence-corrected chi connectivity index (χ4v) is 4.90. The number of fused-ring (bicyclic) bond motifs is 3. The quantitative estimate of drug-likeness (QED) is 0.834. The molecule has 0 saturated heterocycles. The largest absolute Gasteiger partial charge is 0.477 e. The van der Waals surface area contributed by atoms with E-state index < -0.39 is 16.1 Å². The maximum atomic E-state index is 12.7. The van der Waals surface area contributed by atoms with Crippen molar-refractivity contribution >= 4 is 21.7 Å². The molecule has 2 heterocycles. The monoisotopic (exact) mass is 388 g/mol. The first-order valence-corrected chi connectivity index (χ1v) is 10.7. The van der Waals surface area contributed by atoms with E-state index in [0.29, 0.717) is 13.2 Å². The lowest BCUT2D eigenvalue weighted by Crippen LogP contribution is -2.36. The van der Waals surface area contributed by atoms with Gasteiger partial charge in [0.15, 0.2) is 4.90 Å². The predicted molar refractivity (Wildman–Crippen MR) is 97.6 cm³/mol. The van der Waals surface area contributed by atoms with E-state index >= 15 is 0 Å². The lowest BCUT2D eigenvalue weighted by molar-refractivity contribution is 0.256. The first kappa shape index (κ1) is 16.6. The second-order valence-electron chi connectivity index (χ2n) is 7.18. The molecule has 1 aromatic heterocycles. The highest BCUT2D eigenvalue weighted by Crippen LogP contribution is 2.40. The van der Waals surface area contributed by atoms with Gasteiger partial charge < -0.3 is 10.1 Å². The van der Waals surface area contributed by atoms with Crippen LogP contribution in [-0.2, 0) is 42.3 Å². The lowest BCUT2D eigenvalue weighted by Gasteiger charge is -2.32. The van der Waals surface area contributed by atoms with Crippen LogP contribution in [0.4, 0.5) is 10.5 Å². The van der Waals surface area contributed by atoms with Gasteiger partial charge in [-0.1, -0.05) is 6.07 Å². The molecule has 5 rings (SSSR count). The summed E-state index contributed by atoms with van der Waals surface area (Å²) in [4.78, 5) is 12.4. The van der Waals surface area contributed by atoms with E-state index in [9.17, 15) is 13.2 Å². The molecular formula is C18H20N4O4S. The fourth-order valence-electron chi connectivity index (χ4n) is 3.92. The second kappa shape index (κ2) is 5.98. The minimum absolute atomic E-state index is 0.103. The summed E-state index contributed by atoms with van der Waals surface area (Å²) in [5.74, 6) is 0.195. The Hall–Kier alpha value is -2.55. The summed E-state index contributed by atoms with van der Waals surface area (Å²) in [5, 5.41) is 6.86. The Labute approximate surface area is 156 Å². The van der Waals surface area contributed by atoms with Gasteiger partial charge in [-0.3, -0.25) is 0 Å². The van der Waals surface area contributed by atoms with E-state index in [2.05, 4.69) is 21.2 Å². The molecule has 8 nitrogen and oxygen atoms in total. The van der Waals surface area contributed by atoms with Gasteiger partial charge >= 0.3 is 6.03 Å². The maximum absolute atomic E-state index is 12.7. The molecule has 27 heavy (non-hydrogen) atoms. The Kier molecular flexibility index (Phi) is 3.68. The number of nitrogens with one attached hydrogen (secondary N) is 2. The number of benzene rings is 1. The SMILES string of the molecule is O=C(Nc1c2c(cc3c1CC3)CC2)NS(=O)(=O)c1cnn2c1OCCCC2. The average Bonchev–Trinajstić information content (AvgIpc) is 2.82. The zero-order valence-corrected chi connectivity index (χ0v) is 15.6. The predicted octanol–water partition coefficient (Wildman–Crippen LogP) is 1.76. The number of ether oxygens (including phenoxy) is 1. The van der Waals surface area contributed by atoms with Crippen LogP contribution in [0.25, 0.3) is 0 Å². The number of hydrogen-bond acceptors (Lipinski definition) is 5. The van der Waals surface area contributed by atoms with Crippen molar-refractivity contribution in [1.82, 2.24) is 14.5 Å². The molecule has 2 amide bonds. The van der Waals surface area contributed by atoms with Crippen molar-refractivity contribution in [2.45, 2.75) is 50.0 Å². The van der Waals surface area contributed by atoms with Gasteiger partial charge in [-0.2, -0.15) is 5.10 Å². The van der Waals surface area contributed by atoms with Gasteiger partial charge in [0, 0.05) is 12.2 Å². The van der Waals surface area contributed by atoms with Crippen molar-refractivity contribution in [3.05, 3.63) is 34.5 Å². The van der Waals surface area contributed by atoms with Gasteiger partial charge in [-0.05, 0) is 60.8 Å². The standard InChI is InChI=1S/C18H20N4O4S/c23-18(20-16-13-5-3-11(13)9-12-4-6-14(12)16)21-27(24,25)15-10-19-22-7-1-2-8-26-17(15)22/h9-10H,1-8H2,(H2,20,21,23). The lowest BCUT2D eigenvalue weighted by atomic mass is 9.76. The van der Waals surface area contributed by atoms with Crippen molar-refractivity contribution in [2.24, 2.45) is 0 Å². The van der Waals surface area contributed by atoms with Crippen LogP contribution in [0.3, 0.4) is 0 Å². The molecule has 0 bridgehead atoms. The smallest absolute Gasteiger partial charge is 0.333 e. The summed E-state index contributed by atoms with van der Waals surface area (Å²) in [6.45, 7) is 1.03. The topological polar surface area (TPSA) is 102 Å². The van der Waals surface area contributed by atoms with Crippen LogP contribution >= 0.6 is 0 Å². The van der Waals surface area contributed by atoms with Crippen LogP contribution in [0.5, 0.6) is 5.88 Å². The first-order valence-electron chi connectivity index (χ1n) is 9.22. The molecule has 9 heteroatoms. The van der Waals surface area contributed by atoms with E-state index in [1.54, 1.807) is 0 Å². The number of anilines is 1. The van der Waals surface area contributed by atoms with Crippen LogP contribution in [0.15, 0.2) is 17.2 Å². The summed E-state index contributed by atoms with van der Waals surface area (Å²) in [7, 11) is -4.07. The first-order chi connectivity index (χ1) is 13.0. The molecule has 3 aliphatic rings. The number of aromatic nitrogens is 2. The number of urea groups is 1. The Bertz CT molecular complexity index is 1030. The molecule has 1 aromatic carbocycles. The minimum atomic E-state index is -4.07. The molecule has 2 aliphatic carbocycles. The maximum Gasteiger partial charge on any atom is 0.333 e. The van der Waals surface area contributed by atoms with Gasteiger partial charge in [-0.15, -0.1) is 0 Å². The second-order valence-corrected chi connectivity index (χ2v) is 8.83. The van der Waals surface area contributed by atoms with Crippen molar-refractivity contribution in [2.75, 3.05) is 11.9 Å². The van der Waals surface area contributed by atoms with Crippen molar-refractivity contribution in [3.63, 3.8) is 0 Å². The molecule has 0 radical (unpaired) electrons. The van der Waals surface area contributed by atoms with E-state index in [0.717, 1.165) is 55.3 Å². The van der Waals surface area contributed by atoms with Gasteiger partial charge in [0.2, 0.25) is 5.88 Å². The van der Waals surface area contributed by atoms with Crippen molar-refractivity contribution in [3.8, 4) is 5.88 Å². The Morgan fingerprint density at radius 1 is 1.11 bits per heavy atom. The van der Waals surface area contributed by atoms with Gasteiger partial charge in [0.1, 0.15) is 0 Å². The van der Waals surface area contributed by atoms with Gasteiger partial charge in [0.05, 0.1) is 12.8 Å². The number of rotatable bonds is 3. The number of sulfonamides is 1. The summed E-state index contributed by atoms with van der Waals surface area (Å²) < 4.78 is 34.6. The van der Waals surface area contributed by atoms with E-state index in [1.807, 2.05) is 0 Å². The average molecular weight is 388 g/mol. The Morgan fingerprint density at radius 2 is 1.85 bits per heavy atom. The minimum Gasteiger partial charge on any atom is -0.477 e. The van der Waals surface area contributed by atoms with Crippen LogP contribution < -0.4 is 14.8 Å². The van der Waals surface area contributed by atoms with Crippen LogP contribution in [-0.4, -0.2) is 30.8 Å². The third-order valence-electron chi connectivity index (χ3n) is 5.53. The van der Waals surface area contributed by atoms with Crippen molar-refractivity contribution < 1.29 is 17.9 Å². The number of amides is 2. The Morgan fingerprint density at radius 3 is 2.52 bits per heavy atom. The summed E-state index contributed by atoms with van der Waals surface area (Å²) in [5.41, 5.74) is 5.55. The zero-order chi connectivity index (χ0) is 18.6. The number of carbonyl (C=O) groups is 1. The highest BCUT2D eigenvalue weighted by atomic mass is 32.2. The summed E-state index contributed by atoms with van der Waals surface area (Å²) >= 11 is 0. The third-order valence-corrected chi connectivity index (χ3v) is 6.85. The summed E-state index contributed by atoms with van der Waals surface area (Å²) in [6, 6.07) is 1.45. The third kappa shape index (κ3) is 2.68. The zero-order valence-electron chi connectivity index (χ0n) is 14.7. The van der Waals surface area contributed by atoms with Crippen LogP contribution in [0, 0.1) is 0 Å². The molecule has 2 aromatic rings. The number of aryl methyl sites for hydroxylation is 3. The summed E-state index contributed by atoms with van der Waals surface area (Å²) in [6.07, 6.45) is 6.78. The van der Waals surface area contributed by atoms with E-state index in [-0.39, 0.29) is 10.8 Å². The van der Waals surface area contributed by atoms with Gasteiger partial charge in [0.25, 0.3) is 10.0 Å². The number of hydrogen-bond donors (Lipinski definition) is 2. The number of nitrogens with zero attached hydrogens (tertiary/aromatic N) is 2. The van der Waals surface area contributed by atoms with Crippen molar-refractivity contribution in [1.29, 1.82) is 0 Å². The normalized spacial score (nSPS) is 17.2. The molecule has 0 saturated carbocycles. The molecule has 0 unspecified atom stereocenters. The molecule has 1 aliphatic heterocycles. The highest BCUT2D eigenvalue weighted by molar-refractivity contribution is 7.90. The Balaban J connectivity index is 1.38. The van der Waals surface area contributed by atoms with Crippen LogP contribution in [0.1, 0.15) is 35.1 Å². The van der Waals surface area contributed by atoms with Gasteiger partial charge in [-0.25, -0.2) is 22.6 Å². The molecule has 0 spiro atoms. The van der Waals surface area contributed by atoms with Crippen LogP contribution in [0.2, 0.25) is 0 Å². The van der Waals surface area contributed by atoms with E-state index in [1.165, 1.54) is 22.0 Å². The molecule has 0 fully saturated rings. The fraction of sp³-hybridized carbons (Fsp3) is 0.444. The van der Waals surface area contributed by atoms with E-state index in [4.69, 9.17) is 4.74 Å². The molecule has 142 valence electrons. The molecule has 0 atom stereocenters. The molecular weight excluding hydrogens is 368 g/mol. The number of carbonyl (C=O) groups excluding carboxylic acids is 1. The highest BCUT2D eigenvalue weighted by Gasteiger charge is 2.31. The molecule has 2 N–H and O–H groups in total.